The summed E-state index contributed by atoms with van der Waals surface area (Å²) in [7, 11) is 0. The fourth-order valence-corrected chi connectivity index (χ4v) is 6.06. The monoisotopic (exact) mass is 600 g/mol. The Balaban J connectivity index is 1.86. The summed E-state index contributed by atoms with van der Waals surface area (Å²) in [6, 6.07) is 16.9. The van der Waals surface area contributed by atoms with E-state index in [0.717, 1.165) is 0 Å². The first-order valence-corrected chi connectivity index (χ1v) is 14.9. The zero-order valence-electron chi connectivity index (χ0n) is 26.1. The predicted octanol–water partition coefficient (Wildman–Crippen LogP) is 6.10. The van der Waals surface area contributed by atoms with Gasteiger partial charge in [-0.1, -0.05) is 68.5 Å². The van der Waals surface area contributed by atoms with Gasteiger partial charge in [0.2, 0.25) is 0 Å². The fourth-order valence-electron chi connectivity index (χ4n) is 6.06. The van der Waals surface area contributed by atoms with Crippen LogP contribution < -0.4 is 0 Å². The molecule has 0 radical (unpaired) electrons. The maximum Gasteiger partial charge on any atom is 0.338 e. The molecule has 4 rings (SSSR count). The highest BCUT2D eigenvalue weighted by Gasteiger charge is 2.60. The van der Waals surface area contributed by atoms with Gasteiger partial charge >= 0.3 is 17.9 Å². The van der Waals surface area contributed by atoms with Crippen molar-refractivity contribution in [3.05, 3.63) is 95.6 Å². The number of rotatable bonds is 5. The Kier molecular flexibility index (Phi) is 9.72. The van der Waals surface area contributed by atoms with Crippen LogP contribution in [0.5, 0.6) is 0 Å². The number of fused-ring (bicyclic) bond motifs is 1. The first-order chi connectivity index (χ1) is 20.7. The SMILES string of the molecule is CC(=O)O[C@]12C[C@H](C)[C@H](OC(=O)c3ccccc3)[C@@H]1/C=C(/C)[C@H](OC(=O)c1ccccc1)CC(=O)C(C)(C)/C=C/[C@H](C)C2=O. The third-order valence-electron chi connectivity index (χ3n) is 8.59. The molecule has 0 aromatic heterocycles. The van der Waals surface area contributed by atoms with Crippen molar-refractivity contribution < 1.29 is 38.2 Å². The number of esters is 3. The van der Waals surface area contributed by atoms with E-state index in [2.05, 4.69) is 0 Å². The summed E-state index contributed by atoms with van der Waals surface area (Å²) in [6.45, 7) is 9.97. The molecule has 0 unspecified atom stereocenters. The van der Waals surface area contributed by atoms with E-state index < -0.39 is 53.0 Å². The molecule has 0 saturated heterocycles. The van der Waals surface area contributed by atoms with Gasteiger partial charge in [-0.3, -0.25) is 14.4 Å². The average Bonchev–Trinajstić information content (AvgIpc) is 3.24. The van der Waals surface area contributed by atoms with Crippen LogP contribution in [-0.4, -0.2) is 47.3 Å². The van der Waals surface area contributed by atoms with Gasteiger partial charge in [0.25, 0.3) is 0 Å². The molecule has 1 fully saturated rings. The van der Waals surface area contributed by atoms with Crippen molar-refractivity contribution in [1.82, 2.24) is 0 Å². The molecule has 2 aliphatic rings. The summed E-state index contributed by atoms with van der Waals surface area (Å²) in [5.41, 5.74) is -1.51. The van der Waals surface area contributed by atoms with E-state index in [1.54, 1.807) is 107 Å². The second kappa shape index (κ2) is 13.1. The summed E-state index contributed by atoms with van der Waals surface area (Å²) < 4.78 is 17.9. The topological polar surface area (TPSA) is 113 Å². The normalized spacial score (nSPS) is 30.4. The van der Waals surface area contributed by atoms with Gasteiger partial charge in [0.05, 0.1) is 17.0 Å². The molecule has 0 spiro atoms. The molecule has 44 heavy (non-hydrogen) atoms. The molecule has 0 bridgehead atoms. The Bertz CT molecular complexity index is 1470. The molecule has 2 aliphatic carbocycles. The van der Waals surface area contributed by atoms with E-state index in [4.69, 9.17) is 14.2 Å². The summed E-state index contributed by atoms with van der Waals surface area (Å²) >= 11 is 0. The minimum absolute atomic E-state index is 0.113. The lowest BCUT2D eigenvalue weighted by atomic mass is 9.76. The van der Waals surface area contributed by atoms with Gasteiger partial charge < -0.3 is 14.2 Å². The van der Waals surface area contributed by atoms with Crippen molar-refractivity contribution in [2.75, 3.05) is 0 Å². The van der Waals surface area contributed by atoms with Gasteiger partial charge in [0.15, 0.2) is 11.4 Å². The van der Waals surface area contributed by atoms with E-state index in [0.29, 0.717) is 16.7 Å². The van der Waals surface area contributed by atoms with E-state index >= 15 is 0 Å². The van der Waals surface area contributed by atoms with Crippen LogP contribution >= 0.6 is 0 Å². The number of hydrogen-bond acceptors (Lipinski definition) is 8. The fraction of sp³-hybridized carbons (Fsp3) is 0.417. The first kappa shape index (κ1) is 32.6. The van der Waals surface area contributed by atoms with Crippen LogP contribution in [-0.2, 0) is 28.6 Å². The second-order valence-electron chi connectivity index (χ2n) is 12.5. The van der Waals surface area contributed by atoms with Crippen molar-refractivity contribution in [3.8, 4) is 0 Å². The first-order valence-electron chi connectivity index (χ1n) is 14.9. The minimum Gasteiger partial charge on any atom is -0.458 e. The maximum atomic E-state index is 14.3. The predicted molar refractivity (Wildman–Crippen MR) is 164 cm³/mol. The summed E-state index contributed by atoms with van der Waals surface area (Å²) in [4.78, 5) is 66.9. The van der Waals surface area contributed by atoms with Crippen molar-refractivity contribution >= 4 is 29.5 Å². The Hall–Kier alpha value is -4.33. The molecule has 2 aromatic rings. The summed E-state index contributed by atoms with van der Waals surface area (Å²) in [6.07, 6.45) is 3.15. The molecule has 0 amide bonds. The molecule has 1 saturated carbocycles. The Morgan fingerprint density at radius 3 is 1.93 bits per heavy atom. The zero-order chi connectivity index (χ0) is 32.2. The van der Waals surface area contributed by atoms with Crippen molar-refractivity contribution in [2.45, 2.75) is 72.2 Å². The Labute approximate surface area is 258 Å². The van der Waals surface area contributed by atoms with E-state index in [9.17, 15) is 24.0 Å². The third kappa shape index (κ3) is 6.90. The molecule has 2 aromatic carbocycles. The Morgan fingerprint density at radius 1 is 0.841 bits per heavy atom. The highest BCUT2D eigenvalue weighted by molar-refractivity contribution is 5.95. The van der Waals surface area contributed by atoms with Crippen LogP contribution in [0.1, 0.15) is 75.1 Å². The quantitative estimate of drug-likeness (QED) is 0.230. The largest absolute Gasteiger partial charge is 0.458 e. The summed E-state index contributed by atoms with van der Waals surface area (Å²) in [5.74, 6) is -4.43. The molecular weight excluding hydrogens is 560 g/mol. The van der Waals surface area contributed by atoms with Crippen LogP contribution in [0.15, 0.2) is 84.5 Å². The number of Topliss-reactive ketones (excluding diaryl/α,β-unsaturated/α-hetero) is 2. The smallest absolute Gasteiger partial charge is 0.338 e. The molecule has 0 heterocycles. The number of ketones is 2. The third-order valence-corrected chi connectivity index (χ3v) is 8.59. The minimum atomic E-state index is -1.67. The van der Waals surface area contributed by atoms with Gasteiger partial charge in [-0.05, 0) is 56.5 Å². The molecule has 232 valence electrons. The second-order valence-corrected chi connectivity index (χ2v) is 12.5. The van der Waals surface area contributed by atoms with Crippen LogP contribution in [0.2, 0.25) is 0 Å². The van der Waals surface area contributed by atoms with Gasteiger partial charge in [0.1, 0.15) is 18.0 Å². The van der Waals surface area contributed by atoms with Gasteiger partial charge in [-0.2, -0.15) is 0 Å². The van der Waals surface area contributed by atoms with Crippen LogP contribution in [0.3, 0.4) is 0 Å². The van der Waals surface area contributed by atoms with Crippen LogP contribution in [0, 0.1) is 23.2 Å². The van der Waals surface area contributed by atoms with Crippen molar-refractivity contribution in [1.29, 1.82) is 0 Å². The van der Waals surface area contributed by atoms with Gasteiger partial charge in [-0.25, -0.2) is 9.59 Å². The average molecular weight is 601 g/mol. The number of hydrogen-bond donors (Lipinski definition) is 0. The number of allylic oxidation sites excluding steroid dienone is 2. The molecule has 8 heteroatoms. The lowest BCUT2D eigenvalue weighted by Gasteiger charge is -2.36. The molecular formula is C36H40O8. The maximum absolute atomic E-state index is 14.3. The van der Waals surface area contributed by atoms with Gasteiger partial charge in [0, 0.05) is 31.1 Å². The highest BCUT2D eigenvalue weighted by Crippen LogP contribution is 2.48. The zero-order valence-corrected chi connectivity index (χ0v) is 26.1. The van der Waals surface area contributed by atoms with Crippen LogP contribution in [0.25, 0.3) is 0 Å². The molecule has 6 atom stereocenters. The molecule has 0 aliphatic heterocycles. The number of carbonyl (C=O) groups excluding carboxylic acids is 5. The lowest BCUT2D eigenvalue weighted by molar-refractivity contribution is -0.171. The van der Waals surface area contributed by atoms with E-state index in [-0.39, 0.29) is 30.3 Å². The standard InChI is InChI=1S/C36H40O8/c1-22-17-18-35(5,6)30(38)20-29(42-33(40)26-13-9-7-10-14-26)23(2)19-28-31(43-34(41)27-15-11-8-12-16-27)24(3)21-36(28,32(22)39)44-25(4)37/h7-19,22,24,28-29,31H,20-21H2,1-6H3/b18-17+,23-19-/t22-,24-,28-,29+,31-,36+/m0/s1. The molecule has 8 nitrogen and oxygen atoms in total. The number of ether oxygens (including phenoxy) is 3. The number of carbonyl (C=O) groups is 5. The molecule has 0 N–H and O–H groups in total. The van der Waals surface area contributed by atoms with E-state index in [1.807, 2.05) is 6.92 Å². The number of benzene rings is 2. The highest BCUT2D eigenvalue weighted by atomic mass is 16.6. The van der Waals surface area contributed by atoms with Gasteiger partial charge in [-0.15, -0.1) is 0 Å². The van der Waals surface area contributed by atoms with Crippen molar-refractivity contribution in [3.63, 3.8) is 0 Å². The van der Waals surface area contributed by atoms with Crippen molar-refractivity contribution in [2.24, 2.45) is 23.2 Å². The van der Waals surface area contributed by atoms with Crippen LogP contribution in [0.4, 0.5) is 0 Å². The van der Waals surface area contributed by atoms with E-state index in [1.165, 1.54) is 6.92 Å². The Morgan fingerprint density at radius 2 is 1.39 bits per heavy atom. The summed E-state index contributed by atoms with van der Waals surface area (Å²) in [5, 5.41) is 0. The lowest BCUT2D eigenvalue weighted by Crippen LogP contribution is -2.50.